The van der Waals surface area contributed by atoms with Gasteiger partial charge in [-0.1, -0.05) is 12.5 Å². The molecule has 0 aliphatic carbocycles. The minimum absolute atomic E-state index is 0.0102. The number of nitrogens with one attached hydrogen (secondary N) is 2. The molecule has 1 fully saturated rings. The highest BCUT2D eigenvalue weighted by atomic mass is 19.4. The van der Waals surface area contributed by atoms with Gasteiger partial charge in [-0.25, -0.2) is 0 Å². The first-order valence-electron chi connectivity index (χ1n) is 10.4. The van der Waals surface area contributed by atoms with Crippen molar-refractivity contribution in [2.45, 2.75) is 19.0 Å². The standard InChI is InChI=1S/C16H15F3N4O3.C7H11NO/c1-25-10-5-9(6-11(7-10)26-2)3-4-12-13(14(20)24)15(23-22-12)21-8-16(17,18)19;1-2-7(9)8-5-3-4-6-8/h5-7H,8H2,1-2H3,(H2,20,24)(H2,21,22,23);2H,1,3-6H2. The highest BCUT2D eigenvalue weighted by Crippen LogP contribution is 2.23. The van der Waals surface area contributed by atoms with Crippen LogP contribution in [0.1, 0.15) is 34.5 Å². The zero-order chi connectivity index (χ0) is 26.0. The van der Waals surface area contributed by atoms with Gasteiger partial charge in [0.2, 0.25) is 5.91 Å². The van der Waals surface area contributed by atoms with E-state index >= 15 is 0 Å². The van der Waals surface area contributed by atoms with Crippen LogP contribution in [-0.2, 0) is 4.79 Å². The molecule has 1 aromatic heterocycles. The zero-order valence-electron chi connectivity index (χ0n) is 19.3. The van der Waals surface area contributed by atoms with Crippen LogP contribution in [0, 0.1) is 11.8 Å². The average molecular weight is 493 g/mol. The van der Waals surface area contributed by atoms with Crippen LogP contribution >= 0.6 is 0 Å². The number of halogens is 3. The van der Waals surface area contributed by atoms with Gasteiger partial charge in [0, 0.05) is 24.7 Å². The Morgan fingerprint density at radius 1 is 1.20 bits per heavy atom. The third-order valence-electron chi connectivity index (χ3n) is 4.74. The first-order chi connectivity index (χ1) is 16.6. The van der Waals surface area contributed by atoms with Gasteiger partial charge in [-0.15, -0.1) is 0 Å². The Bertz CT molecular complexity index is 1090. The van der Waals surface area contributed by atoms with Crippen LogP contribution in [0.2, 0.25) is 0 Å². The molecule has 1 saturated heterocycles. The second kappa shape index (κ2) is 12.4. The number of benzene rings is 1. The first-order valence-corrected chi connectivity index (χ1v) is 10.4. The van der Waals surface area contributed by atoms with Crippen molar-refractivity contribution in [3.63, 3.8) is 0 Å². The molecule has 188 valence electrons. The number of rotatable bonds is 6. The summed E-state index contributed by atoms with van der Waals surface area (Å²) in [5, 5.41) is 8.05. The summed E-state index contributed by atoms with van der Waals surface area (Å²) in [6, 6.07) is 4.90. The van der Waals surface area contributed by atoms with Crippen LogP contribution in [0.4, 0.5) is 19.0 Å². The largest absolute Gasteiger partial charge is 0.497 e. The molecule has 4 N–H and O–H groups in total. The maximum Gasteiger partial charge on any atom is 0.405 e. The number of likely N-dealkylation sites (tertiary alicyclic amines) is 1. The van der Waals surface area contributed by atoms with Crippen LogP contribution in [0.25, 0.3) is 0 Å². The molecular formula is C23H26F3N5O4. The highest BCUT2D eigenvalue weighted by Gasteiger charge is 2.28. The van der Waals surface area contributed by atoms with E-state index in [0.717, 1.165) is 25.9 Å². The fraction of sp³-hybridized carbons (Fsp3) is 0.348. The molecule has 3 rings (SSSR count). The van der Waals surface area contributed by atoms with Crippen molar-refractivity contribution in [1.29, 1.82) is 0 Å². The maximum atomic E-state index is 12.3. The molecule has 0 atom stereocenters. The van der Waals surface area contributed by atoms with Gasteiger partial charge in [-0.3, -0.25) is 14.7 Å². The second-order valence-electron chi connectivity index (χ2n) is 7.24. The number of hydrogen-bond acceptors (Lipinski definition) is 6. The molecule has 1 aromatic carbocycles. The lowest BCUT2D eigenvalue weighted by Gasteiger charge is -2.10. The van der Waals surface area contributed by atoms with E-state index in [-0.39, 0.29) is 23.0 Å². The Balaban J connectivity index is 0.000000402. The first kappa shape index (κ1) is 27.1. The van der Waals surface area contributed by atoms with Gasteiger partial charge in [0.1, 0.15) is 29.3 Å². The number of hydrogen-bond donors (Lipinski definition) is 3. The van der Waals surface area contributed by atoms with Crippen LogP contribution in [0.3, 0.4) is 0 Å². The summed E-state index contributed by atoms with van der Waals surface area (Å²) in [6.07, 6.45) is -0.790. The minimum Gasteiger partial charge on any atom is -0.497 e. The molecule has 12 heteroatoms. The Labute approximate surface area is 200 Å². The molecule has 0 bridgehead atoms. The number of anilines is 1. The molecule has 1 aliphatic heterocycles. The third-order valence-corrected chi connectivity index (χ3v) is 4.74. The quantitative estimate of drug-likeness (QED) is 0.420. The number of nitrogens with zero attached hydrogens (tertiary/aromatic N) is 2. The number of nitrogens with two attached hydrogens (primary N) is 1. The number of H-pyrrole nitrogens is 1. The normalized spacial score (nSPS) is 12.5. The number of aromatic nitrogens is 2. The van der Waals surface area contributed by atoms with Gasteiger partial charge in [0.05, 0.1) is 14.2 Å². The lowest BCUT2D eigenvalue weighted by atomic mass is 10.1. The molecule has 0 unspecified atom stereocenters. The van der Waals surface area contributed by atoms with Crippen LogP contribution in [0.5, 0.6) is 11.5 Å². The number of carbonyl (C=O) groups is 2. The lowest BCUT2D eigenvalue weighted by Crippen LogP contribution is -2.25. The van der Waals surface area contributed by atoms with Crippen molar-refractivity contribution < 1.29 is 32.2 Å². The molecule has 1 aliphatic rings. The van der Waals surface area contributed by atoms with E-state index in [2.05, 4.69) is 28.6 Å². The van der Waals surface area contributed by atoms with E-state index in [1.165, 1.54) is 20.3 Å². The summed E-state index contributed by atoms with van der Waals surface area (Å²) in [4.78, 5) is 24.2. The SMILES string of the molecule is C=CC(=O)N1CCCC1.COc1cc(C#Cc2[nH]nc(NCC(F)(F)F)c2C(N)=O)cc(OC)c1. The van der Waals surface area contributed by atoms with Crippen molar-refractivity contribution in [3.8, 4) is 23.3 Å². The molecule has 2 amide bonds. The van der Waals surface area contributed by atoms with Gasteiger partial charge in [0.25, 0.3) is 5.91 Å². The number of carbonyl (C=O) groups excluding carboxylic acids is 2. The van der Waals surface area contributed by atoms with Gasteiger partial charge >= 0.3 is 6.18 Å². The summed E-state index contributed by atoms with van der Waals surface area (Å²) in [5.41, 5.74) is 5.46. The Hall–Kier alpha value is -4.14. The molecule has 9 nitrogen and oxygen atoms in total. The summed E-state index contributed by atoms with van der Waals surface area (Å²) in [6.45, 7) is 3.89. The molecule has 2 aromatic rings. The fourth-order valence-electron chi connectivity index (χ4n) is 3.07. The number of amides is 2. The summed E-state index contributed by atoms with van der Waals surface area (Å²) < 4.78 is 47.2. The predicted molar refractivity (Wildman–Crippen MR) is 123 cm³/mol. The van der Waals surface area contributed by atoms with Crippen molar-refractivity contribution in [2.24, 2.45) is 5.73 Å². The van der Waals surface area contributed by atoms with Gasteiger partial charge in [-0.2, -0.15) is 18.3 Å². The van der Waals surface area contributed by atoms with E-state index < -0.39 is 18.6 Å². The minimum atomic E-state index is -4.48. The topological polar surface area (TPSA) is 123 Å². The molecule has 2 heterocycles. The summed E-state index contributed by atoms with van der Waals surface area (Å²) >= 11 is 0. The fourth-order valence-corrected chi connectivity index (χ4v) is 3.07. The highest BCUT2D eigenvalue weighted by molar-refractivity contribution is 5.99. The predicted octanol–water partition coefficient (Wildman–Crippen LogP) is 2.69. The second-order valence-corrected chi connectivity index (χ2v) is 7.24. The van der Waals surface area contributed by atoms with Crippen molar-refractivity contribution in [2.75, 3.05) is 39.2 Å². The van der Waals surface area contributed by atoms with Crippen LogP contribution in [0.15, 0.2) is 30.9 Å². The van der Waals surface area contributed by atoms with Crippen molar-refractivity contribution in [3.05, 3.63) is 47.7 Å². The maximum absolute atomic E-state index is 12.3. The van der Waals surface area contributed by atoms with E-state index in [1.807, 2.05) is 10.2 Å². The van der Waals surface area contributed by atoms with E-state index in [1.54, 1.807) is 18.2 Å². The van der Waals surface area contributed by atoms with Crippen molar-refractivity contribution in [1.82, 2.24) is 15.1 Å². The Morgan fingerprint density at radius 3 is 2.29 bits per heavy atom. The van der Waals surface area contributed by atoms with E-state index in [9.17, 15) is 22.8 Å². The van der Waals surface area contributed by atoms with Gasteiger partial charge in [0.15, 0.2) is 5.82 Å². The smallest absolute Gasteiger partial charge is 0.405 e. The number of ether oxygens (including phenoxy) is 2. The lowest BCUT2D eigenvalue weighted by molar-refractivity contribution is -0.125. The summed E-state index contributed by atoms with van der Waals surface area (Å²) in [5.74, 6) is 5.18. The van der Waals surface area contributed by atoms with Crippen LogP contribution in [-0.4, -0.2) is 66.9 Å². The van der Waals surface area contributed by atoms with E-state index in [0.29, 0.717) is 17.1 Å². The number of methoxy groups -OCH3 is 2. The van der Waals surface area contributed by atoms with Crippen molar-refractivity contribution >= 4 is 17.6 Å². The van der Waals surface area contributed by atoms with Crippen LogP contribution < -0.4 is 20.5 Å². The Morgan fingerprint density at radius 2 is 1.80 bits per heavy atom. The third kappa shape index (κ3) is 8.29. The number of aromatic amines is 1. The molecule has 0 radical (unpaired) electrons. The Kier molecular flexibility index (Phi) is 9.57. The zero-order valence-corrected chi connectivity index (χ0v) is 19.3. The molecule has 35 heavy (non-hydrogen) atoms. The average Bonchev–Trinajstić information content (AvgIpc) is 3.51. The molecule has 0 saturated carbocycles. The number of alkyl halides is 3. The summed E-state index contributed by atoms with van der Waals surface area (Å²) in [7, 11) is 2.95. The molecular weight excluding hydrogens is 467 g/mol. The van der Waals surface area contributed by atoms with Gasteiger partial charge in [-0.05, 0) is 37.0 Å². The number of primary amides is 1. The van der Waals surface area contributed by atoms with Gasteiger partial charge < -0.3 is 25.4 Å². The molecule has 0 spiro atoms. The monoisotopic (exact) mass is 493 g/mol. The van der Waals surface area contributed by atoms with E-state index in [4.69, 9.17) is 15.2 Å².